The van der Waals surface area contributed by atoms with Gasteiger partial charge in [-0.2, -0.15) is 0 Å². The molecule has 4 saturated heterocycles. The van der Waals surface area contributed by atoms with Crippen LogP contribution in [-0.4, -0.2) is 79.0 Å². The van der Waals surface area contributed by atoms with Crippen LogP contribution < -0.4 is 10.6 Å². The molecule has 9 nitrogen and oxygen atoms in total. The molecule has 0 aliphatic carbocycles. The highest BCUT2D eigenvalue weighted by atomic mass is 16.8. The average Bonchev–Trinajstić information content (AvgIpc) is 2.88. The second-order valence-corrected chi connectivity index (χ2v) is 8.51. The minimum atomic E-state index is -0.880. The van der Waals surface area contributed by atoms with E-state index in [1.165, 1.54) is 0 Å². The molecule has 4 aliphatic rings. The third-order valence-corrected chi connectivity index (χ3v) is 4.69. The zero-order chi connectivity index (χ0) is 19.2. The number of aliphatic hydroxyl groups excluding tert-OH is 1. The number of carbonyl (C=O) groups excluding carboxylic acids is 1. The van der Waals surface area contributed by atoms with Gasteiger partial charge in [-0.1, -0.05) is 0 Å². The lowest BCUT2D eigenvalue weighted by Gasteiger charge is -2.57. The maximum absolute atomic E-state index is 12.1. The highest BCUT2D eigenvalue weighted by Crippen LogP contribution is 2.48. The lowest BCUT2D eigenvalue weighted by molar-refractivity contribution is -0.338. The predicted octanol–water partition coefficient (Wildman–Crippen LogP) is 0.109. The normalized spacial score (nSPS) is 38.1. The first-order valence-corrected chi connectivity index (χ1v) is 8.97. The molecule has 3 N–H and O–H groups in total. The van der Waals surface area contributed by atoms with Crippen LogP contribution in [0.5, 0.6) is 0 Å². The summed E-state index contributed by atoms with van der Waals surface area (Å²) in [6, 6.07) is 0. The first kappa shape index (κ1) is 19.8. The van der Waals surface area contributed by atoms with Crippen molar-refractivity contribution in [2.75, 3.05) is 32.9 Å². The Kier molecular flexibility index (Phi) is 5.00. The fourth-order valence-electron chi connectivity index (χ4n) is 3.61. The Bertz CT molecular complexity index is 538. The molecule has 4 unspecified atom stereocenters. The third-order valence-electron chi connectivity index (χ3n) is 4.69. The van der Waals surface area contributed by atoms with Crippen molar-refractivity contribution in [2.24, 2.45) is 0 Å². The first-order valence-electron chi connectivity index (χ1n) is 8.97. The minimum Gasteiger partial charge on any atom is -0.444 e. The van der Waals surface area contributed by atoms with E-state index in [1.54, 1.807) is 20.8 Å². The molecule has 9 heteroatoms. The fourth-order valence-corrected chi connectivity index (χ4v) is 3.61. The summed E-state index contributed by atoms with van der Waals surface area (Å²) in [4.78, 5) is 12.1. The highest BCUT2D eigenvalue weighted by molar-refractivity contribution is 5.67. The smallest absolute Gasteiger partial charge is 0.407 e. The molecule has 0 saturated carbocycles. The second-order valence-electron chi connectivity index (χ2n) is 8.51. The van der Waals surface area contributed by atoms with Crippen LogP contribution in [0.1, 0.15) is 34.6 Å². The molecule has 26 heavy (non-hydrogen) atoms. The summed E-state index contributed by atoms with van der Waals surface area (Å²) in [6.45, 7) is 10.0. The van der Waals surface area contributed by atoms with Gasteiger partial charge in [0.15, 0.2) is 11.5 Å². The third kappa shape index (κ3) is 3.69. The van der Waals surface area contributed by atoms with Crippen LogP contribution in [0.2, 0.25) is 0 Å². The van der Waals surface area contributed by atoms with E-state index in [1.807, 2.05) is 13.8 Å². The number of nitrogens with one attached hydrogen (secondary N) is 2. The summed E-state index contributed by atoms with van der Waals surface area (Å²) in [5.74, 6) is -0.806. The minimum absolute atomic E-state index is 0.0297. The van der Waals surface area contributed by atoms with Crippen LogP contribution in [0.15, 0.2) is 0 Å². The Morgan fingerprint density at radius 2 is 1.88 bits per heavy atom. The lowest BCUT2D eigenvalue weighted by Crippen LogP contribution is -2.79. The lowest BCUT2D eigenvalue weighted by atomic mass is 9.81. The zero-order valence-corrected chi connectivity index (χ0v) is 16.1. The van der Waals surface area contributed by atoms with Gasteiger partial charge >= 0.3 is 6.09 Å². The van der Waals surface area contributed by atoms with Gasteiger partial charge in [0.2, 0.25) is 0 Å². The Balaban J connectivity index is 1.74. The van der Waals surface area contributed by atoms with E-state index in [0.29, 0.717) is 6.54 Å². The number of amides is 1. The van der Waals surface area contributed by atoms with Crippen LogP contribution >= 0.6 is 0 Å². The summed E-state index contributed by atoms with van der Waals surface area (Å²) in [5.41, 5.74) is -2.33. The molecule has 150 valence electrons. The maximum Gasteiger partial charge on any atom is 0.407 e. The van der Waals surface area contributed by atoms with Crippen molar-refractivity contribution in [2.45, 2.75) is 69.5 Å². The van der Waals surface area contributed by atoms with Gasteiger partial charge in [-0.3, -0.25) is 5.32 Å². The number of aliphatic hydroxyl groups is 1. The predicted molar refractivity (Wildman–Crippen MR) is 90.5 cm³/mol. The Morgan fingerprint density at radius 3 is 2.46 bits per heavy atom. The fraction of sp³-hybridized carbons (Fsp3) is 0.941. The van der Waals surface area contributed by atoms with Gasteiger partial charge in [-0.25, -0.2) is 4.79 Å². The van der Waals surface area contributed by atoms with Crippen molar-refractivity contribution in [3.8, 4) is 0 Å². The molecule has 1 amide bonds. The van der Waals surface area contributed by atoms with Crippen LogP contribution in [-0.2, 0) is 23.7 Å². The molecule has 0 radical (unpaired) electrons. The van der Waals surface area contributed by atoms with Crippen molar-refractivity contribution < 1.29 is 33.6 Å². The standard InChI is InChI=1S/C17H30N2O7/c1-14(2,3)26-13(21)18-8-16-9-23-17(10-22-16,19-6-7-20)12-11(16)24-15(4,5)25-12/h11-12,19-20H,6-10H2,1-5H3,(H,18,21). The SMILES string of the molecule is CC(C)(C)OC(=O)NCC12COC(NCCO)(CO1)C1OC(C)(C)OC12. The molecule has 0 aromatic rings. The molecule has 4 rings (SSSR count). The van der Waals surface area contributed by atoms with Crippen molar-refractivity contribution in [1.29, 1.82) is 0 Å². The van der Waals surface area contributed by atoms with E-state index in [2.05, 4.69) is 10.6 Å². The zero-order valence-electron chi connectivity index (χ0n) is 16.1. The molecule has 4 fully saturated rings. The van der Waals surface area contributed by atoms with Crippen molar-refractivity contribution in [3.05, 3.63) is 0 Å². The molecule has 0 aromatic heterocycles. The quantitative estimate of drug-likeness (QED) is 0.622. The number of hydrogen-bond acceptors (Lipinski definition) is 8. The monoisotopic (exact) mass is 374 g/mol. The van der Waals surface area contributed by atoms with Gasteiger partial charge in [0.25, 0.3) is 0 Å². The van der Waals surface area contributed by atoms with Crippen molar-refractivity contribution in [3.63, 3.8) is 0 Å². The summed E-state index contributed by atoms with van der Waals surface area (Å²) in [5, 5.41) is 15.1. The average molecular weight is 374 g/mol. The van der Waals surface area contributed by atoms with Crippen LogP contribution in [0.4, 0.5) is 4.79 Å². The molecular weight excluding hydrogens is 344 g/mol. The van der Waals surface area contributed by atoms with Crippen molar-refractivity contribution >= 4 is 6.09 Å². The second kappa shape index (κ2) is 6.57. The van der Waals surface area contributed by atoms with E-state index in [9.17, 15) is 4.79 Å². The van der Waals surface area contributed by atoms with Crippen molar-refractivity contribution in [1.82, 2.24) is 10.6 Å². The Hall–Kier alpha value is -0.970. The molecule has 2 bridgehead atoms. The number of fused-ring (bicyclic) bond motifs is 2. The van der Waals surface area contributed by atoms with Crippen LogP contribution in [0.25, 0.3) is 0 Å². The number of ether oxygens (including phenoxy) is 5. The van der Waals surface area contributed by atoms with Gasteiger partial charge in [0.05, 0.1) is 26.4 Å². The highest BCUT2D eigenvalue weighted by Gasteiger charge is 2.69. The molecule has 4 aliphatic heterocycles. The Labute approximate surface area is 153 Å². The van der Waals surface area contributed by atoms with Crippen LogP contribution in [0, 0.1) is 0 Å². The summed E-state index contributed by atoms with van der Waals surface area (Å²) < 4.78 is 29.7. The summed E-state index contributed by atoms with van der Waals surface area (Å²) in [7, 11) is 0. The first-order chi connectivity index (χ1) is 12.0. The number of carbonyl (C=O) groups is 1. The van der Waals surface area contributed by atoms with Crippen LogP contribution in [0.3, 0.4) is 0 Å². The largest absolute Gasteiger partial charge is 0.444 e. The van der Waals surface area contributed by atoms with E-state index in [4.69, 9.17) is 28.8 Å². The van der Waals surface area contributed by atoms with E-state index >= 15 is 0 Å². The summed E-state index contributed by atoms with van der Waals surface area (Å²) >= 11 is 0. The van der Waals surface area contributed by atoms with Gasteiger partial charge in [-0.05, 0) is 34.6 Å². The van der Waals surface area contributed by atoms with Gasteiger partial charge in [0.1, 0.15) is 23.4 Å². The topological polar surface area (TPSA) is 108 Å². The number of hydrogen-bond donors (Lipinski definition) is 3. The van der Waals surface area contributed by atoms with E-state index < -0.39 is 41.0 Å². The number of rotatable bonds is 5. The molecule has 4 atom stereocenters. The molecule has 0 aromatic carbocycles. The maximum atomic E-state index is 12.1. The number of alkyl carbamates (subject to hydrolysis) is 1. The molecule has 0 spiro atoms. The summed E-state index contributed by atoms with van der Waals surface area (Å²) in [6.07, 6.45) is -1.38. The Morgan fingerprint density at radius 1 is 1.19 bits per heavy atom. The molecular formula is C17H30N2O7. The van der Waals surface area contributed by atoms with E-state index in [-0.39, 0.29) is 26.4 Å². The van der Waals surface area contributed by atoms with Gasteiger partial charge in [0, 0.05) is 6.54 Å². The molecule has 4 heterocycles. The van der Waals surface area contributed by atoms with Gasteiger partial charge < -0.3 is 34.1 Å². The van der Waals surface area contributed by atoms with Gasteiger partial charge in [-0.15, -0.1) is 0 Å². The van der Waals surface area contributed by atoms with E-state index in [0.717, 1.165) is 0 Å².